The SMILES string of the molecule is CCC(=O)n1c2c(c3cc(Br)ccc31)CCCC2. The van der Waals surface area contributed by atoms with Crippen molar-refractivity contribution in [3.8, 4) is 0 Å². The molecule has 94 valence electrons. The third kappa shape index (κ3) is 1.72. The molecule has 0 amide bonds. The lowest BCUT2D eigenvalue weighted by atomic mass is 9.95. The van der Waals surface area contributed by atoms with Gasteiger partial charge in [0.1, 0.15) is 0 Å². The summed E-state index contributed by atoms with van der Waals surface area (Å²) in [5, 5.41) is 1.25. The Hall–Kier alpha value is -1.09. The summed E-state index contributed by atoms with van der Waals surface area (Å²) in [6.45, 7) is 1.93. The molecule has 3 heteroatoms. The molecule has 0 N–H and O–H groups in total. The minimum atomic E-state index is 0.213. The molecule has 0 radical (unpaired) electrons. The number of aromatic nitrogens is 1. The van der Waals surface area contributed by atoms with E-state index in [0.717, 1.165) is 22.8 Å². The number of rotatable bonds is 1. The number of benzene rings is 1. The Morgan fingerprint density at radius 1 is 1.33 bits per heavy atom. The first kappa shape index (κ1) is 12.0. The van der Waals surface area contributed by atoms with Crippen LogP contribution in [0.15, 0.2) is 22.7 Å². The van der Waals surface area contributed by atoms with Crippen molar-refractivity contribution in [3.63, 3.8) is 0 Å². The summed E-state index contributed by atoms with van der Waals surface area (Å²) < 4.78 is 3.04. The molecule has 0 saturated carbocycles. The van der Waals surface area contributed by atoms with Crippen LogP contribution in [0.25, 0.3) is 10.9 Å². The van der Waals surface area contributed by atoms with Crippen LogP contribution < -0.4 is 0 Å². The van der Waals surface area contributed by atoms with Crippen LogP contribution in [0.3, 0.4) is 0 Å². The van der Waals surface area contributed by atoms with Gasteiger partial charge in [-0.1, -0.05) is 22.9 Å². The lowest BCUT2D eigenvalue weighted by Gasteiger charge is -2.14. The van der Waals surface area contributed by atoms with Gasteiger partial charge in [-0.25, -0.2) is 0 Å². The van der Waals surface area contributed by atoms with Gasteiger partial charge >= 0.3 is 0 Å². The van der Waals surface area contributed by atoms with Crippen molar-refractivity contribution in [1.29, 1.82) is 0 Å². The predicted octanol–water partition coefficient (Wildman–Crippen LogP) is 4.33. The number of carbonyl (C=O) groups excluding carboxylic acids is 1. The lowest BCUT2D eigenvalue weighted by molar-refractivity contribution is 0.0910. The first-order valence-corrected chi connectivity index (χ1v) is 7.36. The van der Waals surface area contributed by atoms with Crippen LogP contribution in [0.5, 0.6) is 0 Å². The highest BCUT2D eigenvalue weighted by Gasteiger charge is 2.22. The molecule has 18 heavy (non-hydrogen) atoms. The molecular weight excluding hydrogens is 290 g/mol. The second-order valence-electron chi connectivity index (χ2n) is 4.88. The van der Waals surface area contributed by atoms with E-state index < -0.39 is 0 Å². The second kappa shape index (κ2) is 4.54. The Balaban J connectivity index is 2.36. The first-order valence-electron chi connectivity index (χ1n) is 6.57. The van der Waals surface area contributed by atoms with Crippen LogP contribution in [0.2, 0.25) is 0 Å². The Morgan fingerprint density at radius 3 is 2.89 bits per heavy atom. The Morgan fingerprint density at radius 2 is 2.11 bits per heavy atom. The number of fused-ring (bicyclic) bond motifs is 3. The summed E-state index contributed by atoms with van der Waals surface area (Å²) in [4.78, 5) is 12.2. The highest BCUT2D eigenvalue weighted by Crippen LogP contribution is 2.33. The predicted molar refractivity (Wildman–Crippen MR) is 77.2 cm³/mol. The normalized spacial score (nSPS) is 14.8. The summed E-state index contributed by atoms with van der Waals surface area (Å²) in [6, 6.07) is 6.23. The molecule has 0 spiro atoms. The third-order valence-corrected chi connectivity index (χ3v) is 4.28. The maximum absolute atomic E-state index is 12.2. The van der Waals surface area contributed by atoms with Gasteiger partial charge in [0.05, 0.1) is 5.52 Å². The molecule has 0 bridgehead atoms. The number of hydrogen-bond donors (Lipinski definition) is 0. The van der Waals surface area contributed by atoms with Gasteiger partial charge in [0.25, 0.3) is 0 Å². The zero-order valence-electron chi connectivity index (χ0n) is 10.5. The smallest absolute Gasteiger partial charge is 0.231 e. The van der Waals surface area contributed by atoms with Crippen LogP contribution in [0.4, 0.5) is 0 Å². The molecule has 0 saturated heterocycles. The number of carbonyl (C=O) groups is 1. The van der Waals surface area contributed by atoms with Gasteiger partial charge in [0.15, 0.2) is 0 Å². The van der Waals surface area contributed by atoms with Gasteiger partial charge in [-0.2, -0.15) is 0 Å². The van der Waals surface area contributed by atoms with Crippen LogP contribution in [-0.4, -0.2) is 10.5 Å². The molecule has 1 heterocycles. The van der Waals surface area contributed by atoms with Gasteiger partial charge in [-0.15, -0.1) is 0 Å². The van der Waals surface area contributed by atoms with E-state index in [1.54, 1.807) is 0 Å². The molecule has 1 aliphatic carbocycles. The van der Waals surface area contributed by atoms with E-state index >= 15 is 0 Å². The quantitative estimate of drug-likeness (QED) is 0.768. The zero-order chi connectivity index (χ0) is 12.7. The summed E-state index contributed by atoms with van der Waals surface area (Å²) in [6.07, 6.45) is 5.13. The fraction of sp³-hybridized carbons (Fsp3) is 0.400. The molecule has 0 aliphatic heterocycles. The van der Waals surface area contributed by atoms with E-state index in [1.165, 1.54) is 29.5 Å². The third-order valence-electron chi connectivity index (χ3n) is 3.79. The van der Waals surface area contributed by atoms with Gasteiger partial charge in [0, 0.05) is 22.0 Å². The summed E-state index contributed by atoms with van der Waals surface area (Å²) in [7, 11) is 0. The highest BCUT2D eigenvalue weighted by molar-refractivity contribution is 9.10. The first-order chi connectivity index (χ1) is 8.72. The summed E-state index contributed by atoms with van der Waals surface area (Å²) >= 11 is 3.53. The molecule has 2 aromatic rings. The van der Waals surface area contributed by atoms with Crippen LogP contribution in [-0.2, 0) is 12.8 Å². The van der Waals surface area contributed by atoms with E-state index in [2.05, 4.69) is 28.1 Å². The fourth-order valence-corrected chi connectivity index (χ4v) is 3.32. The average molecular weight is 306 g/mol. The molecule has 0 fully saturated rings. The topological polar surface area (TPSA) is 22.0 Å². The maximum atomic E-state index is 12.2. The summed E-state index contributed by atoms with van der Waals surface area (Å²) in [5.74, 6) is 0.213. The highest BCUT2D eigenvalue weighted by atomic mass is 79.9. The number of nitrogens with zero attached hydrogens (tertiary/aromatic N) is 1. The molecule has 0 unspecified atom stereocenters. The number of aryl methyl sites for hydroxylation is 1. The minimum absolute atomic E-state index is 0.213. The van der Waals surface area contributed by atoms with E-state index in [9.17, 15) is 4.79 Å². The van der Waals surface area contributed by atoms with Crippen molar-refractivity contribution in [2.24, 2.45) is 0 Å². The van der Waals surface area contributed by atoms with Crippen molar-refractivity contribution in [2.75, 3.05) is 0 Å². The van der Waals surface area contributed by atoms with Gasteiger partial charge in [-0.05, 0) is 49.4 Å². The van der Waals surface area contributed by atoms with E-state index in [-0.39, 0.29) is 5.91 Å². The molecule has 0 atom stereocenters. The number of hydrogen-bond acceptors (Lipinski definition) is 1. The van der Waals surface area contributed by atoms with Gasteiger partial charge < -0.3 is 0 Å². The van der Waals surface area contributed by atoms with E-state index in [1.807, 2.05) is 17.6 Å². The van der Waals surface area contributed by atoms with Crippen molar-refractivity contribution in [2.45, 2.75) is 39.0 Å². The average Bonchev–Trinajstić information content (AvgIpc) is 2.72. The molecule has 1 aliphatic rings. The van der Waals surface area contributed by atoms with E-state index in [0.29, 0.717) is 6.42 Å². The second-order valence-corrected chi connectivity index (χ2v) is 5.79. The molecule has 3 rings (SSSR count). The van der Waals surface area contributed by atoms with Crippen molar-refractivity contribution in [3.05, 3.63) is 33.9 Å². The van der Waals surface area contributed by atoms with Crippen LogP contribution >= 0.6 is 15.9 Å². The Bertz CT molecular complexity index is 627. The monoisotopic (exact) mass is 305 g/mol. The lowest BCUT2D eigenvalue weighted by Crippen LogP contribution is -2.15. The Labute approximate surface area is 115 Å². The van der Waals surface area contributed by atoms with Gasteiger partial charge in [0.2, 0.25) is 5.91 Å². The molecular formula is C15H16BrNO. The van der Waals surface area contributed by atoms with Gasteiger partial charge in [-0.3, -0.25) is 9.36 Å². The standard InChI is InChI=1S/C15H16BrNO/c1-2-15(18)17-13-6-4-3-5-11(13)12-9-10(16)7-8-14(12)17/h7-9H,2-6H2,1H3. The molecule has 1 aromatic carbocycles. The molecule has 2 nitrogen and oxygen atoms in total. The fourth-order valence-electron chi connectivity index (χ4n) is 2.96. The van der Waals surface area contributed by atoms with Crippen LogP contribution in [0, 0.1) is 0 Å². The zero-order valence-corrected chi connectivity index (χ0v) is 12.1. The number of halogens is 1. The largest absolute Gasteiger partial charge is 0.284 e. The van der Waals surface area contributed by atoms with Crippen molar-refractivity contribution >= 4 is 32.7 Å². The molecule has 1 aromatic heterocycles. The van der Waals surface area contributed by atoms with Crippen LogP contribution in [0.1, 0.15) is 42.2 Å². The Kier molecular flexibility index (Phi) is 3.02. The van der Waals surface area contributed by atoms with Crippen molar-refractivity contribution in [1.82, 2.24) is 4.57 Å². The maximum Gasteiger partial charge on any atom is 0.231 e. The summed E-state index contributed by atoms with van der Waals surface area (Å²) in [5.41, 5.74) is 3.72. The van der Waals surface area contributed by atoms with E-state index in [4.69, 9.17) is 0 Å². The minimum Gasteiger partial charge on any atom is -0.284 e. The van der Waals surface area contributed by atoms with Crippen molar-refractivity contribution < 1.29 is 4.79 Å².